The Morgan fingerprint density at radius 2 is 2.31 bits per heavy atom. The van der Waals surface area contributed by atoms with Gasteiger partial charge >= 0.3 is 0 Å². The summed E-state index contributed by atoms with van der Waals surface area (Å²) < 4.78 is 11.5. The van der Waals surface area contributed by atoms with Crippen molar-refractivity contribution in [2.75, 3.05) is 32.8 Å². The minimum atomic E-state index is -0.381. The number of dihydropyridines is 1. The highest BCUT2D eigenvalue weighted by Crippen LogP contribution is 2.33. The number of carbonyl (C=O) groups is 1. The molecule has 1 unspecified atom stereocenters. The number of hydrogen-bond donors (Lipinski definition) is 3. The number of nitrogens with one attached hydrogen (secondary N) is 2. The van der Waals surface area contributed by atoms with E-state index in [-0.39, 0.29) is 24.3 Å². The van der Waals surface area contributed by atoms with Gasteiger partial charge in [0.2, 0.25) is 0 Å². The molecule has 2 aliphatic heterocycles. The average Bonchev–Trinajstić information content (AvgIpc) is 3.51. The lowest BCUT2D eigenvalue weighted by molar-refractivity contribution is -0.147. The van der Waals surface area contributed by atoms with E-state index in [1.165, 1.54) is 0 Å². The van der Waals surface area contributed by atoms with Crippen LogP contribution in [0, 0.1) is 0 Å². The van der Waals surface area contributed by atoms with E-state index in [1.54, 1.807) is 0 Å². The van der Waals surface area contributed by atoms with Crippen LogP contribution in [-0.2, 0) is 14.3 Å². The number of ether oxygens (including phenoxy) is 2. The molecule has 0 aromatic heterocycles. The van der Waals surface area contributed by atoms with Crippen LogP contribution in [0.3, 0.4) is 0 Å². The smallest absolute Gasteiger partial charge is 0.253 e. The third kappa shape index (κ3) is 4.65. The van der Waals surface area contributed by atoms with Crippen LogP contribution >= 0.6 is 0 Å². The minimum absolute atomic E-state index is 0.00634. The van der Waals surface area contributed by atoms with Gasteiger partial charge in [-0.1, -0.05) is 6.92 Å². The number of allylic oxidation sites excluding steroid dienone is 1. The van der Waals surface area contributed by atoms with E-state index in [4.69, 9.17) is 15.2 Å². The number of nitrogens with two attached hydrogens (primary N) is 1. The van der Waals surface area contributed by atoms with Crippen molar-refractivity contribution in [3.8, 4) is 0 Å². The van der Waals surface area contributed by atoms with Crippen molar-refractivity contribution >= 4 is 5.91 Å². The molecule has 1 aliphatic carbocycles. The van der Waals surface area contributed by atoms with Gasteiger partial charge in [-0.15, -0.1) is 0 Å². The maximum Gasteiger partial charge on any atom is 0.253 e. The van der Waals surface area contributed by atoms with Gasteiger partial charge in [0.05, 0.1) is 19.3 Å². The predicted octanol–water partition coefficient (Wildman–Crippen LogP) is 0.479. The number of rotatable bonds is 8. The SMILES string of the molecule is CCC1=CC([C@@H](C)N(C(=O)[C@H]2CNCCO2)C2CC2)=CC(OCCN)N1. The fraction of sp³-hybridized carbons (Fsp3) is 0.737. The topological polar surface area (TPSA) is 88.9 Å². The molecule has 7 heteroatoms. The van der Waals surface area contributed by atoms with Gasteiger partial charge in [0.25, 0.3) is 5.91 Å². The lowest BCUT2D eigenvalue weighted by Crippen LogP contribution is -2.53. The zero-order valence-electron chi connectivity index (χ0n) is 15.9. The van der Waals surface area contributed by atoms with Gasteiger partial charge in [-0.3, -0.25) is 4.79 Å². The molecule has 3 atom stereocenters. The third-order valence-electron chi connectivity index (χ3n) is 5.11. The van der Waals surface area contributed by atoms with E-state index in [2.05, 4.69) is 36.6 Å². The quantitative estimate of drug-likeness (QED) is 0.581. The minimum Gasteiger partial charge on any atom is -0.366 e. The standard InChI is InChI=1S/C19H32N4O3/c1-3-15-10-14(11-18(22-15)26-8-6-20)13(2)23(16-4-5-16)19(24)17-12-21-7-9-25-17/h10-11,13,16-18,21-22H,3-9,12,20H2,1-2H3/t13-,17-,18?/m1/s1. The highest BCUT2D eigenvalue weighted by atomic mass is 16.5. The molecule has 1 saturated heterocycles. The summed E-state index contributed by atoms with van der Waals surface area (Å²) in [6.45, 7) is 7.19. The molecule has 3 rings (SSSR count). The fourth-order valence-corrected chi connectivity index (χ4v) is 3.53. The van der Waals surface area contributed by atoms with E-state index in [1.807, 2.05) is 4.90 Å². The second-order valence-corrected chi connectivity index (χ2v) is 7.13. The van der Waals surface area contributed by atoms with Gasteiger partial charge in [0.1, 0.15) is 12.3 Å². The molecule has 2 fully saturated rings. The van der Waals surface area contributed by atoms with E-state index < -0.39 is 0 Å². The van der Waals surface area contributed by atoms with E-state index >= 15 is 0 Å². The van der Waals surface area contributed by atoms with Crippen molar-refractivity contribution < 1.29 is 14.3 Å². The van der Waals surface area contributed by atoms with Gasteiger partial charge < -0.3 is 30.7 Å². The van der Waals surface area contributed by atoms with Crippen LogP contribution in [0.1, 0.15) is 33.1 Å². The Kier molecular flexibility index (Phi) is 6.69. The second-order valence-electron chi connectivity index (χ2n) is 7.13. The molecule has 0 aromatic rings. The summed E-state index contributed by atoms with van der Waals surface area (Å²) >= 11 is 0. The average molecular weight is 364 g/mol. The molecule has 0 bridgehead atoms. The molecule has 1 saturated carbocycles. The van der Waals surface area contributed by atoms with Crippen molar-refractivity contribution in [3.63, 3.8) is 0 Å². The van der Waals surface area contributed by atoms with Gasteiger partial charge in [0, 0.05) is 31.4 Å². The first-order chi connectivity index (χ1) is 12.6. The summed E-state index contributed by atoms with van der Waals surface area (Å²) in [7, 11) is 0. The summed E-state index contributed by atoms with van der Waals surface area (Å²) in [6.07, 6.45) is 6.67. The van der Waals surface area contributed by atoms with E-state index in [0.29, 0.717) is 32.3 Å². The highest BCUT2D eigenvalue weighted by Gasteiger charge is 2.40. The first kappa shape index (κ1) is 19.4. The second kappa shape index (κ2) is 8.99. The highest BCUT2D eigenvalue weighted by molar-refractivity contribution is 5.82. The summed E-state index contributed by atoms with van der Waals surface area (Å²) in [5.41, 5.74) is 7.80. The van der Waals surface area contributed by atoms with Crippen molar-refractivity contribution in [1.82, 2.24) is 15.5 Å². The van der Waals surface area contributed by atoms with Crippen molar-refractivity contribution in [3.05, 3.63) is 23.4 Å². The Morgan fingerprint density at radius 3 is 2.92 bits per heavy atom. The van der Waals surface area contributed by atoms with Crippen molar-refractivity contribution in [1.29, 1.82) is 0 Å². The molecule has 3 aliphatic rings. The molecule has 26 heavy (non-hydrogen) atoms. The molecular weight excluding hydrogens is 332 g/mol. The van der Waals surface area contributed by atoms with Crippen LogP contribution in [0.15, 0.2) is 23.4 Å². The first-order valence-corrected chi connectivity index (χ1v) is 9.79. The number of nitrogens with zero attached hydrogens (tertiary/aromatic N) is 1. The molecule has 2 heterocycles. The number of hydrogen-bond acceptors (Lipinski definition) is 6. The summed E-state index contributed by atoms with van der Waals surface area (Å²) in [4.78, 5) is 15.1. The molecular formula is C19H32N4O3. The lowest BCUT2D eigenvalue weighted by atomic mass is 10.0. The molecule has 0 spiro atoms. The van der Waals surface area contributed by atoms with Crippen LogP contribution < -0.4 is 16.4 Å². The Hall–Kier alpha value is -1.41. The van der Waals surface area contributed by atoms with Gasteiger partial charge in [-0.05, 0) is 43.9 Å². The number of carbonyl (C=O) groups excluding carboxylic acids is 1. The van der Waals surface area contributed by atoms with E-state index in [9.17, 15) is 4.79 Å². The molecule has 146 valence electrons. The van der Waals surface area contributed by atoms with Crippen molar-refractivity contribution in [2.45, 2.75) is 57.5 Å². The Balaban J connectivity index is 1.76. The van der Waals surface area contributed by atoms with Gasteiger partial charge in [-0.25, -0.2) is 0 Å². The van der Waals surface area contributed by atoms with Crippen LogP contribution in [0.5, 0.6) is 0 Å². The summed E-state index contributed by atoms with van der Waals surface area (Å²) in [6, 6.07) is 0.314. The van der Waals surface area contributed by atoms with Crippen LogP contribution in [0.4, 0.5) is 0 Å². The lowest BCUT2D eigenvalue weighted by Gasteiger charge is -2.36. The third-order valence-corrected chi connectivity index (χ3v) is 5.11. The molecule has 1 amide bonds. The van der Waals surface area contributed by atoms with Crippen molar-refractivity contribution in [2.24, 2.45) is 5.73 Å². The maximum absolute atomic E-state index is 13.1. The maximum atomic E-state index is 13.1. The first-order valence-electron chi connectivity index (χ1n) is 9.79. The predicted molar refractivity (Wildman–Crippen MR) is 100 cm³/mol. The zero-order chi connectivity index (χ0) is 18.5. The van der Waals surface area contributed by atoms with Crippen LogP contribution in [-0.4, -0.2) is 68.1 Å². The van der Waals surface area contributed by atoms with Crippen LogP contribution in [0.2, 0.25) is 0 Å². The number of morpholine rings is 1. The molecule has 4 N–H and O–H groups in total. The molecule has 7 nitrogen and oxygen atoms in total. The van der Waals surface area contributed by atoms with E-state index in [0.717, 1.165) is 37.1 Å². The van der Waals surface area contributed by atoms with Crippen LogP contribution in [0.25, 0.3) is 0 Å². The Labute approximate surface area is 155 Å². The molecule has 0 aromatic carbocycles. The summed E-state index contributed by atoms with van der Waals surface area (Å²) in [5.74, 6) is 0.0949. The van der Waals surface area contributed by atoms with Gasteiger partial charge in [-0.2, -0.15) is 0 Å². The van der Waals surface area contributed by atoms with Gasteiger partial charge in [0.15, 0.2) is 0 Å². The Morgan fingerprint density at radius 1 is 1.50 bits per heavy atom. The summed E-state index contributed by atoms with van der Waals surface area (Å²) in [5, 5.41) is 6.62. The zero-order valence-corrected chi connectivity index (χ0v) is 15.9. The largest absolute Gasteiger partial charge is 0.366 e. The number of amides is 1. The fourth-order valence-electron chi connectivity index (χ4n) is 3.53. The normalized spacial score (nSPS) is 27.2. The molecule has 0 radical (unpaired) electrons. The monoisotopic (exact) mass is 364 g/mol. The Bertz CT molecular complexity index is 553.